The Kier molecular flexibility index (Phi) is 8.74. The summed E-state index contributed by atoms with van der Waals surface area (Å²) in [6.07, 6.45) is 3.02. The molecule has 0 spiro atoms. The van der Waals surface area contributed by atoms with Crippen molar-refractivity contribution in [1.82, 2.24) is 0 Å². The number of ether oxygens (including phenoxy) is 1. The van der Waals surface area contributed by atoms with Crippen LogP contribution in [0.1, 0.15) is 23.7 Å². The molecule has 0 radical (unpaired) electrons. The third kappa shape index (κ3) is 6.39. The first-order chi connectivity index (χ1) is 32.2. The van der Waals surface area contributed by atoms with Crippen molar-refractivity contribution in [3.8, 4) is 44.5 Å². The Hall–Kier alpha value is -8.26. The monoisotopic (exact) mass is 826 g/mol. The van der Waals surface area contributed by atoms with Crippen molar-refractivity contribution in [2.75, 3.05) is 0 Å². The van der Waals surface area contributed by atoms with Crippen molar-refractivity contribution in [3.05, 3.63) is 248 Å². The van der Waals surface area contributed by atoms with Crippen LogP contribution in [0, 0.1) is 0 Å². The van der Waals surface area contributed by atoms with Gasteiger partial charge in [0, 0.05) is 12.0 Å². The van der Waals surface area contributed by atoms with Gasteiger partial charge in [-0.2, -0.15) is 0 Å². The third-order valence-corrected chi connectivity index (χ3v) is 13.7. The normalized spacial score (nSPS) is 13.8. The highest BCUT2D eigenvalue weighted by Gasteiger charge is 2.23. The Bertz CT molecular complexity index is 3870. The van der Waals surface area contributed by atoms with Crippen molar-refractivity contribution in [2.24, 2.45) is 0 Å². The van der Waals surface area contributed by atoms with Crippen LogP contribution in [0.4, 0.5) is 0 Å². The largest absolute Gasteiger partial charge is 0.485 e. The second kappa shape index (κ2) is 15.2. The number of benzene rings is 12. The SMILES string of the molecule is C1=C(c2ccc3c(c2)cc(-c2ccccc2)c2cc(-c4cccc5ccccc45)ccc23)OC(c2ccc3c(c2)cc(-c2ccccc2)c2cc(-c4cccc5ccccc45)ccc23)C1. The molecule has 12 aromatic carbocycles. The van der Waals surface area contributed by atoms with Gasteiger partial charge in [0.1, 0.15) is 11.9 Å². The molecule has 0 bridgehead atoms. The molecule has 1 aliphatic rings. The van der Waals surface area contributed by atoms with Gasteiger partial charge in [-0.15, -0.1) is 0 Å². The van der Waals surface area contributed by atoms with Gasteiger partial charge in [-0.1, -0.05) is 194 Å². The molecule has 1 heteroatoms. The lowest BCUT2D eigenvalue weighted by molar-refractivity contribution is 0.195. The van der Waals surface area contributed by atoms with E-state index in [0.717, 1.165) is 17.7 Å². The molecule has 0 fully saturated rings. The van der Waals surface area contributed by atoms with Crippen LogP contribution >= 0.6 is 0 Å². The predicted octanol–water partition coefficient (Wildman–Crippen LogP) is 17.8. The summed E-state index contributed by atoms with van der Waals surface area (Å²) >= 11 is 0. The van der Waals surface area contributed by atoms with E-state index in [9.17, 15) is 0 Å². The number of rotatable bonds is 6. The summed E-state index contributed by atoms with van der Waals surface area (Å²) in [6, 6.07) is 84.7. The number of fused-ring (bicyclic) bond motifs is 8. The first-order valence-corrected chi connectivity index (χ1v) is 22.7. The minimum atomic E-state index is -0.0707. The zero-order valence-electron chi connectivity index (χ0n) is 35.7. The molecule has 0 aliphatic carbocycles. The van der Waals surface area contributed by atoms with E-state index >= 15 is 0 Å². The quantitative estimate of drug-likeness (QED) is 0.152. The van der Waals surface area contributed by atoms with Gasteiger partial charge in [-0.05, 0) is 157 Å². The molecule has 0 saturated carbocycles. The van der Waals surface area contributed by atoms with Gasteiger partial charge in [0.05, 0.1) is 0 Å². The molecule has 304 valence electrons. The standard InChI is InChI=1S/C64H42O/c1-3-13-43(14-4-1)59-39-49-35-47(27-29-55(49)57-31-25-45(37-61(57)59)53-23-11-19-41-17-7-9-21-51(41)53)63-33-34-64(65-63)48-28-30-56-50(36-48)40-60(44-15-5-2-6-16-44)62-38-46(26-32-58(56)62)54-24-12-20-42-18-8-10-22-52(42)54/h1-33,35-40,64H,34H2. The van der Waals surface area contributed by atoms with E-state index in [1.165, 1.54) is 115 Å². The van der Waals surface area contributed by atoms with Crippen molar-refractivity contribution >= 4 is 70.4 Å². The van der Waals surface area contributed by atoms with Gasteiger partial charge in [-0.25, -0.2) is 0 Å². The molecule has 12 aromatic rings. The van der Waals surface area contributed by atoms with E-state index in [1.807, 2.05) is 0 Å². The minimum Gasteiger partial charge on any atom is -0.485 e. The summed E-state index contributed by atoms with van der Waals surface area (Å²) in [5, 5.41) is 15.0. The van der Waals surface area contributed by atoms with Gasteiger partial charge in [0.15, 0.2) is 0 Å². The fourth-order valence-corrected chi connectivity index (χ4v) is 10.6. The van der Waals surface area contributed by atoms with Crippen molar-refractivity contribution in [1.29, 1.82) is 0 Å². The Balaban J connectivity index is 0.861. The molecule has 1 aliphatic heterocycles. The topological polar surface area (TPSA) is 9.23 Å². The lowest BCUT2D eigenvalue weighted by Crippen LogP contribution is -1.98. The van der Waals surface area contributed by atoms with Crippen LogP contribution in [-0.4, -0.2) is 0 Å². The summed E-state index contributed by atoms with van der Waals surface area (Å²) in [4.78, 5) is 0. The second-order valence-corrected chi connectivity index (χ2v) is 17.5. The van der Waals surface area contributed by atoms with Crippen molar-refractivity contribution in [3.63, 3.8) is 0 Å². The van der Waals surface area contributed by atoms with Crippen LogP contribution in [0.5, 0.6) is 0 Å². The molecular weight excluding hydrogens is 785 g/mol. The maximum atomic E-state index is 6.90. The maximum Gasteiger partial charge on any atom is 0.127 e. The first kappa shape index (κ1) is 37.3. The average molecular weight is 827 g/mol. The van der Waals surface area contributed by atoms with Gasteiger partial charge in [0.2, 0.25) is 0 Å². The fourth-order valence-electron chi connectivity index (χ4n) is 10.6. The van der Waals surface area contributed by atoms with Crippen LogP contribution < -0.4 is 0 Å². The molecule has 0 aromatic heterocycles. The van der Waals surface area contributed by atoms with Gasteiger partial charge in [-0.3, -0.25) is 0 Å². The van der Waals surface area contributed by atoms with Crippen LogP contribution in [-0.2, 0) is 4.74 Å². The fraction of sp³-hybridized carbons (Fsp3) is 0.0312. The summed E-state index contributed by atoms with van der Waals surface area (Å²) in [5.41, 5.74) is 12.1. The van der Waals surface area contributed by atoms with Crippen LogP contribution in [0.25, 0.3) is 115 Å². The molecule has 0 saturated heterocycles. The van der Waals surface area contributed by atoms with Crippen molar-refractivity contribution < 1.29 is 4.74 Å². The van der Waals surface area contributed by atoms with E-state index in [2.05, 4.69) is 237 Å². The van der Waals surface area contributed by atoms with Crippen LogP contribution in [0.15, 0.2) is 237 Å². The van der Waals surface area contributed by atoms with E-state index in [1.54, 1.807) is 0 Å². The highest BCUT2D eigenvalue weighted by atomic mass is 16.5. The highest BCUT2D eigenvalue weighted by Crippen LogP contribution is 2.44. The summed E-state index contributed by atoms with van der Waals surface area (Å²) in [5.74, 6) is 0.939. The molecular formula is C64H42O. The predicted molar refractivity (Wildman–Crippen MR) is 276 cm³/mol. The van der Waals surface area contributed by atoms with E-state index in [4.69, 9.17) is 4.74 Å². The Morgan fingerprint density at radius 2 is 0.754 bits per heavy atom. The second-order valence-electron chi connectivity index (χ2n) is 17.5. The first-order valence-electron chi connectivity index (χ1n) is 22.7. The lowest BCUT2D eigenvalue weighted by Gasteiger charge is -2.18. The molecule has 0 amide bonds. The van der Waals surface area contributed by atoms with Gasteiger partial charge in [0.25, 0.3) is 0 Å². The van der Waals surface area contributed by atoms with Gasteiger partial charge < -0.3 is 4.74 Å². The highest BCUT2D eigenvalue weighted by molar-refractivity contribution is 6.17. The van der Waals surface area contributed by atoms with E-state index in [0.29, 0.717) is 0 Å². The molecule has 1 heterocycles. The van der Waals surface area contributed by atoms with E-state index in [-0.39, 0.29) is 6.10 Å². The third-order valence-electron chi connectivity index (χ3n) is 13.7. The Morgan fingerprint density at radius 1 is 0.277 bits per heavy atom. The molecule has 0 N–H and O–H groups in total. The zero-order chi connectivity index (χ0) is 42.8. The average Bonchev–Trinajstić information content (AvgIpc) is 3.88. The molecule has 1 atom stereocenters. The van der Waals surface area contributed by atoms with Crippen molar-refractivity contribution in [2.45, 2.75) is 12.5 Å². The number of hydrogen-bond donors (Lipinski definition) is 0. The summed E-state index contributed by atoms with van der Waals surface area (Å²) < 4.78 is 6.90. The lowest BCUT2D eigenvalue weighted by atomic mass is 9.89. The molecule has 1 unspecified atom stereocenters. The van der Waals surface area contributed by atoms with E-state index < -0.39 is 0 Å². The summed E-state index contributed by atoms with van der Waals surface area (Å²) in [7, 11) is 0. The molecule has 13 rings (SSSR count). The van der Waals surface area contributed by atoms with Crippen LogP contribution in [0.2, 0.25) is 0 Å². The Morgan fingerprint density at radius 3 is 1.34 bits per heavy atom. The number of hydrogen-bond acceptors (Lipinski definition) is 1. The minimum absolute atomic E-state index is 0.0707. The summed E-state index contributed by atoms with van der Waals surface area (Å²) in [6.45, 7) is 0. The maximum absolute atomic E-state index is 6.90. The Labute approximate surface area is 378 Å². The molecule has 1 nitrogen and oxygen atoms in total. The smallest absolute Gasteiger partial charge is 0.127 e. The van der Waals surface area contributed by atoms with Gasteiger partial charge >= 0.3 is 0 Å². The van der Waals surface area contributed by atoms with Crippen LogP contribution in [0.3, 0.4) is 0 Å². The zero-order valence-corrected chi connectivity index (χ0v) is 35.7. The molecule has 65 heavy (non-hydrogen) atoms.